The van der Waals surface area contributed by atoms with E-state index >= 15 is 0 Å². The molecule has 0 spiro atoms. The molecule has 0 aliphatic carbocycles. The molecule has 0 radical (unpaired) electrons. The fourth-order valence-electron chi connectivity index (χ4n) is 1.94. The molecule has 0 aromatic rings. The Balaban J connectivity index is 2.60. The van der Waals surface area contributed by atoms with Gasteiger partial charge in [-0.25, -0.2) is 0 Å². The summed E-state index contributed by atoms with van der Waals surface area (Å²) in [6, 6.07) is 2.54. The Hall–Kier alpha value is -0.630. The molecule has 4 heteroatoms. The summed E-state index contributed by atoms with van der Waals surface area (Å²) in [4.78, 5) is 2.28. The predicted octanol–water partition coefficient (Wildman–Crippen LogP) is 0.727. The highest BCUT2D eigenvalue weighted by atomic mass is 16.5. The van der Waals surface area contributed by atoms with Crippen LogP contribution in [0.2, 0.25) is 0 Å². The quantitative estimate of drug-likeness (QED) is 0.747. The number of nitrogens with two attached hydrogens (primary N) is 1. The highest BCUT2D eigenvalue weighted by Crippen LogP contribution is 2.16. The van der Waals surface area contributed by atoms with Crippen LogP contribution in [0.5, 0.6) is 0 Å². The Morgan fingerprint density at radius 3 is 2.87 bits per heavy atom. The third kappa shape index (κ3) is 3.45. The highest BCUT2D eigenvalue weighted by Gasteiger charge is 2.30. The molecule has 3 atom stereocenters. The fraction of sp³-hybridized carbons (Fsp3) is 0.909. The van der Waals surface area contributed by atoms with Crippen LogP contribution in [0, 0.1) is 11.3 Å². The maximum Gasteiger partial charge on any atom is 0.114 e. The third-order valence-corrected chi connectivity index (χ3v) is 2.84. The molecule has 1 aliphatic rings. The average molecular weight is 211 g/mol. The highest BCUT2D eigenvalue weighted by molar-refractivity contribution is 5.04. The van der Waals surface area contributed by atoms with Crippen molar-refractivity contribution in [3.05, 3.63) is 0 Å². The lowest BCUT2D eigenvalue weighted by molar-refractivity contribution is -0.0593. The minimum absolute atomic E-state index is 0.238. The molecule has 4 nitrogen and oxygen atoms in total. The Morgan fingerprint density at radius 2 is 2.33 bits per heavy atom. The van der Waals surface area contributed by atoms with E-state index in [2.05, 4.69) is 24.8 Å². The van der Waals surface area contributed by atoms with Crippen LogP contribution in [-0.2, 0) is 4.74 Å². The first-order chi connectivity index (χ1) is 6.98. The van der Waals surface area contributed by atoms with Crippen molar-refractivity contribution >= 4 is 0 Å². The van der Waals surface area contributed by atoms with Gasteiger partial charge in [-0.3, -0.25) is 4.90 Å². The lowest BCUT2D eigenvalue weighted by Crippen LogP contribution is -2.56. The molecular formula is C11H21N3O. The van der Waals surface area contributed by atoms with Crippen LogP contribution in [0.1, 0.15) is 27.2 Å². The predicted molar refractivity (Wildman–Crippen MR) is 59.3 cm³/mol. The minimum Gasteiger partial charge on any atom is -0.376 e. The lowest BCUT2D eigenvalue weighted by atomic mass is 10.0. The normalized spacial score (nSPS) is 31.9. The van der Waals surface area contributed by atoms with Gasteiger partial charge in [-0.15, -0.1) is 0 Å². The summed E-state index contributed by atoms with van der Waals surface area (Å²) in [5.41, 5.74) is 5.11. The SMILES string of the molecule is CCC1COC(C)CN1CC(C)(N)C#N. The molecule has 1 rings (SSSR count). The standard InChI is InChI=1S/C11H21N3O/c1-4-10-6-15-9(2)5-14(10)8-11(3,13)7-12/h9-10H,4-6,8,13H2,1-3H3. The van der Waals surface area contributed by atoms with Gasteiger partial charge < -0.3 is 10.5 Å². The van der Waals surface area contributed by atoms with Crippen LogP contribution in [0.15, 0.2) is 0 Å². The Kier molecular flexibility index (Phi) is 4.09. The zero-order valence-corrected chi connectivity index (χ0v) is 9.86. The summed E-state index contributed by atoms with van der Waals surface area (Å²) in [5.74, 6) is 0. The van der Waals surface area contributed by atoms with Gasteiger partial charge in [-0.1, -0.05) is 6.92 Å². The van der Waals surface area contributed by atoms with Gasteiger partial charge in [0, 0.05) is 19.1 Å². The molecule has 1 heterocycles. The second-order valence-electron chi connectivity index (χ2n) is 4.66. The van der Waals surface area contributed by atoms with Crippen LogP contribution in [0.3, 0.4) is 0 Å². The van der Waals surface area contributed by atoms with E-state index in [1.807, 2.05) is 0 Å². The van der Waals surface area contributed by atoms with Gasteiger partial charge >= 0.3 is 0 Å². The molecule has 1 fully saturated rings. The van der Waals surface area contributed by atoms with E-state index in [0.717, 1.165) is 19.6 Å². The maximum atomic E-state index is 8.92. The molecule has 3 unspecified atom stereocenters. The van der Waals surface area contributed by atoms with E-state index in [1.54, 1.807) is 6.92 Å². The maximum absolute atomic E-state index is 8.92. The number of rotatable bonds is 3. The third-order valence-electron chi connectivity index (χ3n) is 2.84. The van der Waals surface area contributed by atoms with Crippen LogP contribution in [0.25, 0.3) is 0 Å². The molecule has 0 saturated carbocycles. The molecule has 0 amide bonds. The molecule has 1 aliphatic heterocycles. The van der Waals surface area contributed by atoms with Gasteiger partial charge in [0.05, 0.1) is 18.8 Å². The van der Waals surface area contributed by atoms with Gasteiger partial charge in [0.15, 0.2) is 0 Å². The second kappa shape index (κ2) is 4.93. The number of hydrogen-bond donors (Lipinski definition) is 1. The van der Waals surface area contributed by atoms with Gasteiger partial charge in [-0.05, 0) is 20.3 Å². The van der Waals surface area contributed by atoms with E-state index in [-0.39, 0.29) is 6.10 Å². The number of morpholine rings is 1. The smallest absolute Gasteiger partial charge is 0.114 e. The fourth-order valence-corrected chi connectivity index (χ4v) is 1.94. The van der Waals surface area contributed by atoms with Gasteiger partial charge in [0.2, 0.25) is 0 Å². The van der Waals surface area contributed by atoms with Crippen molar-refractivity contribution in [2.45, 2.75) is 44.9 Å². The minimum atomic E-state index is -0.759. The first-order valence-corrected chi connectivity index (χ1v) is 5.54. The summed E-state index contributed by atoms with van der Waals surface area (Å²) in [7, 11) is 0. The van der Waals surface area contributed by atoms with Crippen molar-refractivity contribution in [1.29, 1.82) is 5.26 Å². The van der Waals surface area contributed by atoms with E-state index in [9.17, 15) is 0 Å². The van der Waals surface area contributed by atoms with Crippen LogP contribution < -0.4 is 5.73 Å². The van der Waals surface area contributed by atoms with E-state index in [4.69, 9.17) is 15.7 Å². The monoisotopic (exact) mass is 211 g/mol. The largest absolute Gasteiger partial charge is 0.376 e. The summed E-state index contributed by atoms with van der Waals surface area (Å²) < 4.78 is 5.59. The molecule has 15 heavy (non-hydrogen) atoms. The molecule has 86 valence electrons. The van der Waals surface area contributed by atoms with Gasteiger partial charge in [0.1, 0.15) is 5.54 Å². The van der Waals surface area contributed by atoms with Crippen LogP contribution in [0.4, 0.5) is 0 Å². The van der Waals surface area contributed by atoms with Crippen molar-refractivity contribution in [3.63, 3.8) is 0 Å². The lowest BCUT2D eigenvalue weighted by Gasteiger charge is -2.40. The molecular weight excluding hydrogens is 190 g/mol. The Bertz CT molecular complexity index is 247. The molecule has 0 bridgehead atoms. The van der Waals surface area contributed by atoms with Crippen molar-refractivity contribution < 1.29 is 4.74 Å². The summed E-state index contributed by atoms with van der Waals surface area (Å²) in [6.07, 6.45) is 1.27. The number of hydrogen-bond acceptors (Lipinski definition) is 4. The van der Waals surface area contributed by atoms with E-state index < -0.39 is 5.54 Å². The van der Waals surface area contributed by atoms with Gasteiger partial charge in [-0.2, -0.15) is 5.26 Å². The number of ether oxygens (including phenoxy) is 1. The molecule has 2 N–H and O–H groups in total. The summed E-state index contributed by atoms with van der Waals surface area (Å²) in [5, 5.41) is 8.92. The van der Waals surface area contributed by atoms with Crippen molar-refractivity contribution in [3.8, 4) is 6.07 Å². The summed E-state index contributed by atoms with van der Waals surface area (Å²) >= 11 is 0. The Labute approximate surface area is 92.0 Å². The average Bonchev–Trinajstić information content (AvgIpc) is 2.18. The molecule has 0 aromatic heterocycles. The van der Waals surface area contributed by atoms with Gasteiger partial charge in [0.25, 0.3) is 0 Å². The van der Waals surface area contributed by atoms with E-state index in [0.29, 0.717) is 12.6 Å². The molecule has 1 saturated heterocycles. The van der Waals surface area contributed by atoms with Crippen molar-refractivity contribution in [1.82, 2.24) is 4.90 Å². The first-order valence-electron chi connectivity index (χ1n) is 5.54. The zero-order chi connectivity index (χ0) is 11.5. The zero-order valence-electron chi connectivity index (χ0n) is 9.86. The molecule has 0 aromatic carbocycles. The van der Waals surface area contributed by atoms with Crippen molar-refractivity contribution in [2.24, 2.45) is 5.73 Å². The van der Waals surface area contributed by atoms with Crippen molar-refractivity contribution in [2.75, 3.05) is 19.7 Å². The van der Waals surface area contributed by atoms with Crippen LogP contribution in [-0.4, -0.2) is 42.3 Å². The topological polar surface area (TPSA) is 62.3 Å². The Morgan fingerprint density at radius 1 is 1.67 bits per heavy atom. The number of nitriles is 1. The summed E-state index contributed by atoms with van der Waals surface area (Å²) in [6.45, 7) is 8.21. The number of nitrogens with zero attached hydrogens (tertiary/aromatic N) is 2. The van der Waals surface area contributed by atoms with Crippen LogP contribution >= 0.6 is 0 Å². The van der Waals surface area contributed by atoms with E-state index in [1.165, 1.54) is 0 Å². The second-order valence-corrected chi connectivity index (χ2v) is 4.66. The first kappa shape index (κ1) is 12.4.